The van der Waals surface area contributed by atoms with E-state index in [4.69, 9.17) is 5.73 Å². The molecule has 0 spiro atoms. The van der Waals surface area contributed by atoms with Gasteiger partial charge in [-0.1, -0.05) is 20.8 Å². The number of nitrogens with two attached hydrogens (primary N) is 1. The number of hydrogen-bond acceptors (Lipinski definition) is 3. The second kappa shape index (κ2) is 6.99. The van der Waals surface area contributed by atoms with Gasteiger partial charge in [-0.25, -0.2) is 0 Å². The van der Waals surface area contributed by atoms with E-state index in [0.717, 1.165) is 45.3 Å². The van der Waals surface area contributed by atoms with Gasteiger partial charge in [0, 0.05) is 26.1 Å². The molecule has 0 aromatic heterocycles. The van der Waals surface area contributed by atoms with E-state index in [9.17, 15) is 9.59 Å². The zero-order valence-electron chi connectivity index (χ0n) is 14.3. The van der Waals surface area contributed by atoms with Crippen molar-refractivity contribution < 1.29 is 9.59 Å². The van der Waals surface area contributed by atoms with Gasteiger partial charge in [-0.15, -0.1) is 0 Å². The molecule has 1 atom stereocenters. The number of piperidine rings is 1. The molecule has 22 heavy (non-hydrogen) atoms. The van der Waals surface area contributed by atoms with Crippen LogP contribution in [0.1, 0.15) is 52.9 Å². The molecule has 0 saturated carbocycles. The van der Waals surface area contributed by atoms with Gasteiger partial charge in [0.15, 0.2) is 0 Å². The first-order valence-corrected chi connectivity index (χ1v) is 8.60. The van der Waals surface area contributed by atoms with E-state index in [2.05, 4.69) is 20.8 Å². The summed E-state index contributed by atoms with van der Waals surface area (Å²) in [5.41, 5.74) is 5.68. The Bertz CT molecular complexity index is 409. The van der Waals surface area contributed by atoms with Crippen LogP contribution in [0.5, 0.6) is 0 Å². The number of likely N-dealkylation sites (tertiary alicyclic amines) is 2. The maximum atomic E-state index is 12.8. The van der Waals surface area contributed by atoms with Crippen LogP contribution in [0.25, 0.3) is 0 Å². The van der Waals surface area contributed by atoms with Gasteiger partial charge in [0.1, 0.15) is 6.04 Å². The number of amides is 2. The van der Waals surface area contributed by atoms with Crippen LogP contribution in [0.3, 0.4) is 0 Å². The van der Waals surface area contributed by atoms with Gasteiger partial charge >= 0.3 is 0 Å². The van der Waals surface area contributed by atoms with Crippen molar-refractivity contribution in [2.75, 3.05) is 26.2 Å². The Morgan fingerprint density at radius 2 is 1.73 bits per heavy atom. The summed E-state index contributed by atoms with van der Waals surface area (Å²) in [5.74, 6) is 0.821. The SMILES string of the molecule is CC(C)(C)CC(=O)N1CCCC1C(=O)N1CCC(CN)CC1. The molecule has 2 fully saturated rings. The molecule has 5 nitrogen and oxygen atoms in total. The van der Waals surface area contributed by atoms with Crippen molar-refractivity contribution in [3.8, 4) is 0 Å². The molecule has 1 unspecified atom stereocenters. The average molecular weight is 309 g/mol. The summed E-state index contributed by atoms with van der Waals surface area (Å²) in [7, 11) is 0. The van der Waals surface area contributed by atoms with Crippen LogP contribution in [0.15, 0.2) is 0 Å². The minimum absolute atomic E-state index is 0.0350. The summed E-state index contributed by atoms with van der Waals surface area (Å²) in [6, 6.07) is -0.232. The number of rotatable bonds is 3. The van der Waals surface area contributed by atoms with Crippen molar-refractivity contribution in [2.24, 2.45) is 17.1 Å². The minimum Gasteiger partial charge on any atom is -0.341 e. The van der Waals surface area contributed by atoms with Crippen molar-refractivity contribution in [2.45, 2.75) is 58.9 Å². The van der Waals surface area contributed by atoms with Gasteiger partial charge in [0.05, 0.1) is 0 Å². The summed E-state index contributed by atoms with van der Waals surface area (Å²) in [6.45, 7) is 9.21. The Hall–Kier alpha value is -1.10. The molecule has 2 N–H and O–H groups in total. The highest BCUT2D eigenvalue weighted by atomic mass is 16.2. The third-order valence-electron chi connectivity index (χ3n) is 4.80. The predicted molar refractivity (Wildman–Crippen MR) is 87.2 cm³/mol. The molecule has 0 aromatic rings. The molecule has 0 radical (unpaired) electrons. The molecule has 126 valence electrons. The Balaban J connectivity index is 1.95. The van der Waals surface area contributed by atoms with Gasteiger partial charge in [-0.3, -0.25) is 9.59 Å². The molecular formula is C17H31N3O2. The zero-order chi connectivity index (χ0) is 16.3. The van der Waals surface area contributed by atoms with Crippen molar-refractivity contribution in [3.63, 3.8) is 0 Å². The highest BCUT2D eigenvalue weighted by Gasteiger charge is 2.38. The Morgan fingerprint density at radius 1 is 1.09 bits per heavy atom. The smallest absolute Gasteiger partial charge is 0.245 e. The van der Waals surface area contributed by atoms with E-state index in [-0.39, 0.29) is 23.3 Å². The Morgan fingerprint density at radius 3 is 2.27 bits per heavy atom. The third-order valence-corrected chi connectivity index (χ3v) is 4.80. The van der Waals surface area contributed by atoms with E-state index in [1.165, 1.54) is 0 Å². The summed E-state index contributed by atoms with van der Waals surface area (Å²) >= 11 is 0. The molecule has 2 saturated heterocycles. The van der Waals surface area contributed by atoms with E-state index in [1.807, 2.05) is 9.80 Å². The molecule has 5 heteroatoms. The quantitative estimate of drug-likeness (QED) is 0.861. The van der Waals surface area contributed by atoms with Crippen LogP contribution in [0.4, 0.5) is 0 Å². The van der Waals surface area contributed by atoms with Crippen LogP contribution in [-0.4, -0.2) is 53.8 Å². The molecule has 2 aliphatic rings. The summed E-state index contributed by atoms with van der Waals surface area (Å²) < 4.78 is 0. The number of nitrogens with zero attached hydrogens (tertiary/aromatic N) is 2. The van der Waals surface area contributed by atoms with E-state index >= 15 is 0 Å². The van der Waals surface area contributed by atoms with Crippen molar-refractivity contribution >= 4 is 11.8 Å². The first-order chi connectivity index (χ1) is 10.3. The third kappa shape index (κ3) is 4.22. The Kier molecular flexibility index (Phi) is 5.48. The van der Waals surface area contributed by atoms with Crippen molar-refractivity contribution in [3.05, 3.63) is 0 Å². The molecule has 2 amide bonds. The van der Waals surface area contributed by atoms with Crippen LogP contribution in [-0.2, 0) is 9.59 Å². The summed E-state index contributed by atoms with van der Waals surface area (Å²) in [4.78, 5) is 29.0. The summed E-state index contributed by atoms with van der Waals surface area (Å²) in [6.07, 6.45) is 4.24. The van der Waals surface area contributed by atoms with Crippen LogP contribution >= 0.6 is 0 Å². The maximum Gasteiger partial charge on any atom is 0.245 e. The minimum atomic E-state index is -0.232. The maximum absolute atomic E-state index is 12.8. The first kappa shape index (κ1) is 17.3. The van der Waals surface area contributed by atoms with Crippen molar-refractivity contribution in [1.29, 1.82) is 0 Å². The number of hydrogen-bond donors (Lipinski definition) is 1. The second-order valence-corrected chi connectivity index (χ2v) is 7.99. The molecule has 2 heterocycles. The highest BCUT2D eigenvalue weighted by Crippen LogP contribution is 2.27. The van der Waals surface area contributed by atoms with Crippen LogP contribution < -0.4 is 5.73 Å². The molecule has 0 bridgehead atoms. The largest absolute Gasteiger partial charge is 0.341 e. The van der Waals surface area contributed by atoms with Gasteiger partial charge in [-0.2, -0.15) is 0 Å². The van der Waals surface area contributed by atoms with E-state index in [0.29, 0.717) is 18.9 Å². The van der Waals surface area contributed by atoms with E-state index in [1.54, 1.807) is 0 Å². The molecule has 2 aliphatic heterocycles. The molecule has 2 rings (SSSR count). The van der Waals surface area contributed by atoms with E-state index < -0.39 is 0 Å². The van der Waals surface area contributed by atoms with Gasteiger partial charge in [0.2, 0.25) is 11.8 Å². The van der Waals surface area contributed by atoms with Crippen LogP contribution in [0, 0.1) is 11.3 Å². The molecular weight excluding hydrogens is 278 g/mol. The lowest BCUT2D eigenvalue weighted by molar-refractivity contribution is -0.145. The lowest BCUT2D eigenvalue weighted by atomic mass is 9.91. The Labute approximate surface area is 134 Å². The predicted octanol–water partition coefficient (Wildman–Crippen LogP) is 1.61. The first-order valence-electron chi connectivity index (χ1n) is 8.60. The topological polar surface area (TPSA) is 66.6 Å². The fourth-order valence-electron chi connectivity index (χ4n) is 3.48. The average Bonchev–Trinajstić information content (AvgIpc) is 2.94. The lowest BCUT2D eigenvalue weighted by Crippen LogP contribution is -2.50. The number of carbonyl (C=O) groups is 2. The standard InChI is InChI=1S/C17H31N3O2/c1-17(2,3)11-15(21)20-8-4-5-14(20)16(22)19-9-6-13(12-18)7-10-19/h13-14H,4-12,18H2,1-3H3. The van der Waals surface area contributed by atoms with Gasteiger partial charge in [-0.05, 0) is 43.6 Å². The molecule has 0 aromatic carbocycles. The normalized spacial score (nSPS) is 23.9. The molecule has 0 aliphatic carbocycles. The van der Waals surface area contributed by atoms with Crippen LogP contribution in [0.2, 0.25) is 0 Å². The lowest BCUT2D eigenvalue weighted by Gasteiger charge is -2.35. The van der Waals surface area contributed by atoms with Gasteiger partial charge < -0.3 is 15.5 Å². The monoisotopic (exact) mass is 309 g/mol. The van der Waals surface area contributed by atoms with Gasteiger partial charge in [0.25, 0.3) is 0 Å². The fraction of sp³-hybridized carbons (Fsp3) is 0.882. The second-order valence-electron chi connectivity index (χ2n) is 7.99. The highest BCUT2D eigenvalue weighted by molar-refractivity contribution is 5.88. The number of carbonyl (C=O) groups excluding carboxylic acids is 2. The fourth-order valence-corrected chi connectivity index (χ4v) is 3.48. The zero-order valence-corrected chi connectivity index (χ0v) is 14.3. The van der Waals surface area contributed by atoms with Crippen molar-refractivity contribution in [1.82, 2.24) is 9.80 Å². The summed E-state index contributed by atoms with van der Waals surface area (Å²) in [5, 5.41) is 0.